The highest BCUT2D eigenvalue weighted by atomic mass is 16.5. The average Bonchev–Trinajstić information content (AvgIpc) is 2.55. The number of piperidine rings is 1. The molecule has 0 N–H and O–H groups in total. The molecule has 0 spiro atoms. The number of carbonyl (C=O) groups excluding carboxylic acids is 1. The minimum absolute atomic E-state index is 0.00259. The van der Waals surface area contributed by atoms with Crippen LogP contribution in [0.3, 0.4) is 0 Å². The molecule has 0 aromatic heterocycles. The number of likely N-dealkylation sites (tertiary alicyclic amines) is 1. The van der Waals surface area contributed by atoms with Gasteiger partial charge >= 0.3 is 5.97 Å². The molecule has 0 aliphatic carbocycles. The maximum Gasteiger partial charge on any atom is 0.310 e. The molecule has 1 unspecified atom stereocenters. The van der Waals surface area contributed by atoms with Gasteiger partial charge in [-0.2, -0.15) is 0 Å². The van der Waals surface area contributed by atoms with Crippen LogP contribution in [0.2, 0.25) is 0 Å². The second-order valence-corrected chi connectivity index (χ2v) is 5.89. The van der Waals surface area contributed by atoms with Crippen molar-refractivity contribution in [1.29, 1.82) is 0 Å². The predicted octanol–water partition coefficient (Wildman–Crippen LogP) is 2.66. The largest absolute Gasteiger partial charge is 0.493 e. The normalized spacial score (nSPS) is 18.5. The van der Waals surface area contributed by atoms with Crippen molar-refractivity contribution in [3.8, 4) is 11.5 Å². The molecule has 1 fully saturated rings. The summed E-state index contributed by atoms with van der Waals surface area (Å²) in [6.07, 6.45) is 1.94. The molecule has 1 aliphatic rings. The zero-order chi connectivity index (χ0) is 16.7. The Morgan fingerprint density at radius 3 is 2.91 bits per heavy atom. The lowest BCUT2D eigenvalue weighted by Crippen LogP contribution is -2.41. The Morgan fingerprint density at radius 2 is 2.17 bits per heavy atom. The first-order valence-electron chi connectivity index (χ1n) is 8.30. The number of carbonyl (C=O) groups is 1. The lowest BCUT2D eigenvalue weighted by atomic mass is 9.98. The van der Waals surface area contributed by atoms with Gasteiger partial charge < -0.3 is 14.2 Å². The first-order valence-corrected chi connectivity index (χ1v) is 8.30. The van der Waals surface area contributed by atoms with Gasteiger partial charge in [-0.15, -0.1) is 0 Å². The van der Waals surface area contributed by atoms with Crippen LogP contribution in [0.5, 0.6) is 11.5 Å². The average molecular weight is 321 g/mol. The van der Waals surface area contributed by atoms with E-state index in [0.29, 0.717) is 13.2 Å². The SMILES string of the molecule is CCOC(=O)C1CCCN(CCOc2cc(C)ccc2OC)C1. The van der Waals surface area contributed by atoms with Crippen LogP contribution in [0.25, 0.3) is 0 Å². The number of benzene rings is 1. The van der Waals surface area contributed by atoms with Gasteiger partial charge in [-0.05, 0) is 50.9 Å². The van der Waals surface area contributed by atoms with E-state index in [-0.39, 0.29) is 11.9 Å². The van der Waals surface area contributed by atoms with Crippen molar-refractivity contribution in [3.63, 3.8) is 0 Å². The van der Waals surface area contributed by atoms with E-state index in [9.17, 15) is 4.79 Å². The van der Waals surface area contributed by atoms with Crippen LogP contribution < -0.4 is 9.47 Å². The molecule has 0 radical (unpaired) electrons. The van der Waals surface area contributed by atoms with E-state index >= 15 is 0 Å². The van der Waals surface area contributed by atoms with Crippen molar-refractivity contribution < 1.29 is 19.0 Å². The monoisotopic (exact) mass is 321 g/mol. The topological polar surface area (TPSA) is 48.0 Å². The minimum Gasteiger partial charge on any atom is -0.493 e. The molecule has 2 rings (SSSR count). The summed E-state index contributed by atoms with van der Waals surface area (Å²) in [6.45, 7) is 7.47. The fourth-order valence-electron chi connectivity index (χ4n) is 2.89. The predicted molar refractivity (Wildman–Crippen MR) is 89.0 cm³/mol. The summed E-state index contributed by atoms with van der Waals surface area (Å²) >= 11 is 0. The summed E-state index contributed by atoms with van der Waals surface area (Å²) in [5, 5.41) is 0. The van der Waals surface area contributed by atoms with Gasteiger partial charge in [-0.25, -0.2) is 0 Å². The van der Waals surface area contributed by atoms with Crippen LogP contribution in [0.1, 0.15) is 25.3 Å². The van der Waals surface area contributed by atoms with Gasteiger partial charge in [-0.3, -0.25) is 9.69 Å². The molecule has 0 amide bonds. The molecule has 0 bridgehead atoms. The van der Waals surface area contributed by atoms with Gasteiger partial charge in [0, 0.05) is 13.1 Å². The molecule has 5 nitrogen and oxygen atoms in total. The molecule has 1 aromatic rings. The van der Waals surface area contributed by atoms with Crippen LogP contribution in [-0.4, -0.2) is 50.8 Å². The lowest BCUT2D eigenvalue weighted by Gasteiger charge is -2.31. The van der Waals surface area contributed by atoms with Crippen LogP contribution in [-0.2, 0) is 9.53 Å². The minimum atomic E-state index is -0.0709. The second-order valence-electron chi connectivity index (χ2n) is 5.89. The molecule has 1 aromatic carbocycles. The van der Waals surface area contributed by atoms with Crippen molar-refractivity contribution in [1.82, 2.24) is 4.90 Å². The van der Waals surface area contributed by atoms with Crippen molar-refractivity contribution >= 4 is 5.97 Å². The Hall–Kier alpha value is -1.75. The lowest BCUT2D eigenvalue weighted by molar-refractivity contribution is -0.150. The van der Waals surface area contributed by atoms with Crippen molar-refractivity contribution in [2.45, 2.75) is 26.7 Å². The summed E-state index contributed by atoms with van der Waals surface area (Å²) in [4.78, 5) is 14.1. The number of aryl methyl sites for hydroxylation is 1. The molecular weight excluding hydrogens is 294 g/mol. The molecule has 1 aliphatic heterocycles. The molecule has 23 heavy (non-hydrogen) atoms. The van der Waals surface area contributed by atoms with Gasteiger partial charge in [0.1, 0.15) is 6.61 Å². The van der Waals surface area contributed by atoms with Crippen LogP contribution in [0.4, 0.5) is 0 Å². The molecule has 1 atom stereocenters. The van der Waals surface area contributed by atoms with Gasteiger partial charge in [-0.1, -0.05) is 6.07 Å². The van der Waals surface area contributed by atoms with Gasteiger partial charge in [0.2, 0.25) is 0 Å². The third-order valence-electron chi connectivity index (χ3n) is 4.11. The zero-order valence-corrected chi connectivity index (χ0v) is 14.3. The highest BCUT2D eigenvalue weighted by Crippen LogP contribution is 2.27. The third kappa shape index (κ3) is 5.13. The fraction of sp³-hybridized carbons (Fsp3) is 0.611. The van der Waals surface area contributed by atoms with Gasteiger partial charge in [0.25, 0.3) is 0 Å². The first-order chi connectivity index (χ1) is 11.1. The number of methoxy groups -OCH3 is 1. The smallest absolute Gasteiger partial charge is 0.310 e. The van der Waals surface area contributed by atoms with E-state index in [2.05, 4.69) is 4.90 Å². The maximum absolute atomic E-state index is 11.9. The number of nitrogens with zero attached hydrogens (tertiary/aromatic N) is 1. The molecule has 128 valence electrons. The van der Waals surface area contributed by atoms with E-state index in [4.69, 9.17) is 14.2 Å². The van der Waals surface area contributed by atoms with E-state index in [1.165, 1.54) is 0 Å². The van der Waals surface area contributed by atoms with E-state index in [1.807, 2.05) is 32.0 Å². The summed E-state index contributed by atoms with van der Waals surface area (Å²) in [7, 11) is 1.64. The number of ether oxygens (including phenoxy) is 3. The van der Waals surface area contributed by atoms with Crippen LogP contribution >= 0.6 is 0 Å². The third-order valence-corrected chi connectivity index (χ3v) is 4.11. The number of esters is 1. The molecular formula is C18H27NO4. The Balaban J connectivity index is 1.82. The van der Waals surface area contributed by atoms with Crippen molar-refractivity contribution in [2.75, 3.05) is 40.0 Å². The fourth-order valence-corrected chi connectivity index (χ4v) is 2.89. The Morgan fingerprint density at radius 1 is 1.35 bits per heavy atom. The summed E-state index contributed by atoms with van der Waals surface area (Å²) < 4.78 is 16.3. The van der Waals surface area contributed by atoms with Crippen molar-refractivity contribution in [2.24, 2.45) is 5.92 Å². The summed E-state index contributed by atoms with van der Waals surface area (Å²) in [5.74, 6) is 1.45. The van der Waals surface area contributed by atoms with Crippen LogP contribution in [0.15, 0.2) is 18.2 Å². The van der Waals surface area contributed by atoms with E-state index in [0.717, 1.165) is 49.5 Å². The highest BCUT2D eigenvalue weighted by molar-refractivity contribution is 5.72. The van der Waals surface area contributed by atoms with Gasteiger partial charge in [0.15, 0.2) is 11.5 Å². The second kappa shape index (κ2) is 8.77. The van der Waals surface area contributed by atoms with Gasteiger partial charge in [0.05, 0.1) is 19.6 Å². The van der Waals surface area contributed by atoms with E-state index < -0.39 is 0 Å². The zero-order valence-electron chi connectivity index (χ0n) is 14.3. The maximum atomic E-state index is 11.9. The quantitative estimate of drug-likeness (QED) is 0.723. The van der Waals surface area contributed by atoms with E-state index in [1.54, 1.807) is 7.11 Å². The highest BCUT2D eigenvalue weighted by Gasteiger charge is 2.26. The standard InChI is InChI=1S/C18H27NO4/c1-4-22-18(20)15-6-5-9-19(13-15)10-11-23-17-12-14(2)7-8-16(17)21-3/h7-8,12,15H,4-6,9-11,13H2,1-3H3. The van der Waals surface area contributed by atoms with Crippen molar-refractivity contribution in [3.05, 3.63) is 23.8 Å². The molecule has 0 saturated carbocycles. The van der Waals surface area contributed by atoms with Crippen LogP contribution in [0, 0.1) is 12.8 Å². The summed E-state index contributed by atoms with van der Waals surface area (Å²) in [5.41, 5.74) is 1.14. The number of hydrogen-bond donors (Lipinski definition) is 0. The summed E-state index contributed by atoms with van der Waals surface area (Å²) in [6, 6.07) is 5.90. The molecule has 5 heteroatoms. The molecule has 1 heterocycles. The first kappa shape index (κ1) is 17.6. The number of rotatable bonds is 7. The Bertz CT molecular complexity index is 518. The number of hydrogen-bond acceptors (Lipinski definition) is 5. The Labute approximate surface area is 138 Å². The Kier molecular flexibility index (Phi) is 6.71. The molecule has 1 saturated heterocycles.